The Hall–Kier alpha value is -7.00. The maximum Gasteiger partial charge on any atom is 0.113 e. The van der Waals surface area contributed by atoms with Gasteiger partial charge < -0.3 is 4.90 Å². The topological polar surface area (TPSA) is 3.24 Å². The third kappa shape index (κ3) is 5.44. The number of rotatable bonds is 7. The van der Waals surface area contributed by atoms with Gasteiger partial charge in [-0.3, -0.25) is 0 Å². The van der Waals surface area contributed by atoms with Crippen molar-refractivity contribution in [2.75, 3.05) is 4.90 Å². The van der Waals surface area contributed by atoms with Crippen LogP contribution in [0.2, 0.25) is 13.1 Å². The normalized spacial score (nSPS) is 13.9. The van der Waals surface area contributed by atoms with Gasteiger partial charge in [0.05, 0.1) is 11.1 Å². The van der Waals surface area contributed by atoms with Gasteiger partial charge >= 0.3 is 0 Å². The van der Waals surface area contributed by atoms with E-state index in [9.17, 15) is 0 Å². The van der Waals surface area contributed by atoms with Crippen LogP contribution in [0.4, 0.5) is 17.1 Å². The van der Waals surface area contributed by atoms with Crippen molar-refractivity contribution in [2.24, 2.45) is 0 Å². The number of benzene rings is 9. The van der Waals surface area contributed by atoms with Crippen molar-refractivity contribution in [1.29, 1.82) is 0 Å². The summed E-state index contributed by atoms with van der Waals surface area (Å²) < 4.78 is 0. The first-order chi connectivity index (χ1) is 29.0. The lowest BCUT2D eigenvalue weighted by Crippen LogP contribution is -2.49. The fraction of sp³-hybridized carbons (Fsp3) is 0.0526. The number of fused-ring (bicyclic) bond motifs is 6. The molecule has 0 unspecified atom stereocenters. The third-order valence-corrected chi connectivity index (χ3v) is 16.5. The second kappa shape index (κ2) is 13.8. The second-order valence-corrected chi connectivity index (χ2v) is 20.8. The average molecular weight is 770 g/mol. The van der Waals surface area contributed by atoms with Crippen molar-refractivity contribution < 1.29 is 0 Å². The Bertz CT molecular complexity index is 2960. The molecule has 59 heavy (non-hydrogen) atoms. The maximum absolute atomic E-state index is 2.50. The highest BCUT2D eigenvalue weighted by molar-refractivity contribution is 7.04. The summed E-state index contributed by atoms with van der Waals surface area (Å²) in [5, 5.41) is 3.00. The Morgan fingerprint density at radius 2 is 0.814 bits per heavy atom. The van der Waals surface area contributed by atoms with E-state index in [-0.39, 0.29) is 0 Å². The standard InChI is InChI=1S/C57H43NSi/c1-59(2)54-29-14-11-25-50(54)56-53(28-16-30-55(56)59)58(46-35-31-41(32-36-46)43-20-15-19-42(39-43)40-17-5-3-6-18-40)47-37-33-45(34-38-47)57(44-21-7-4-8-22-44)51-26-12-9-23-48(51)49-24-10-13-27-52(49)57/h3-39H,1-2H3. The van der Waals surface area contributed by atoms with Crippen molar-refractivity contribution >= 4 is 35.5 Å². The van der Waals surface area contributed by atoms with Crippen LogP contribution in [0.15, 0.2) is 224 Å². The van der Waals surface area contributed by atoms with Gasteiger partial charge in [0.15, 0.2) is 0 Å². The van der Waals surface area contributed by atoms with E-state index in [2.05, 4.69) is 242 Å². The average Bonchev–Trinajstić information content (AvgIpc) is 3.74. The molecule has 1 nitrogen and oxygen atoms in total. The van der Waals surface area contributed by atoms with Gasteiger partial charge in [0, 0.05) is 16.9 Å². The molecule has 280 valence electrons. The molecule has 1 aliphatic heterocycles. The van der Waals surface area contributed by atoms with E-state index in [4.69, 9.17) is 0 Å². The second-order valence-electron chi connectivity index (χ2n) is 16.5. The lowest BCUT2D eigenvalue weighted by Gasteiger charge is -2.34. The molecular weight excluding hydrogens is 727 g/mol. The highest BCUT2D eigenvalue weighted by atomic mass is 28.3. The molecule has 9 aromatic rings. The van der Waals surface area contributed by atoms with Crippen LogP contribution in [0.1, 0.15) is 22.3 Å². The molecule has 1 aliphatic carbocycles. The fourth-order valence-corrected chi connectivity index (χ4v) is 13.3. The molecule has 0 saturated carbocycles. The fourth-order valence-electron chi connectivity index (χ4n) is 10.2. The van der Waals surface area contributed by atoms with Crippen LogP contribution in [-0.4, -0.2) is 8.07 Å². The summed E-state index contributed by atoms with van der Waals surface area (Å²) in [4.78, 5) is 2.49. The molecule has 2 aliphatic rings. The molecule has 0 fully saturated rings. The van der Waals surface area contributed by atoms with Gasteiger partial charge in [0.25, 0.3) is 0 Å². The Balaban J connectivity index is 1.08. The van der Waals surface area contributed by atoms with E-state index in [0.717, 1.165) is 11.4 Å². The molecule has 0 aromatic heterocycles. The van der Waals surface area contributed by atoms with E-state index in [0.29, 0.717) is 0 Å². The minimum absolute atomic E-state index is 0.448. The molecule has 1 heterocycles. The van der Waals surface area contributed by atoms with E-state index in [1.54, 1.807) is 0 Å². The van der Waals surface area contributed by atoms with Crippen LogP contribution in [0.5, 0.6) is 0 Å². The largest absolute Gasteiger partial charge is 0.310 e. The number of hydrogen-bond donors (Lipinski definition) is 0. The van der Waals surface area contributed by atoms with Crippen LogP contribution in [0.3, 0.4) is 0 Å². The molecule has 0 amide bonds. The highest BCUT2D eigenvalue weighted by Crippen LogP contribution is 2.56. The predicted molar refractivity (Wildman–Crippen MR) is 251 cm³/mol. The minimum atomic E-state index is -1.92. The van der Waals surface area contributed by atoms with Crippen LogP contribution in [-0.2, 0) is 5.41 Å². The summed E-state index contributed by atoms with van der Waals surface area (Å²) in [5.41, 5.74) is 18.4. The molecule has 0 N–H and O–H groups in total. The van der Waals surface area contributed by atoms with Crippen LogP contribution < -0.4 is 15.3 Å². The van der Waals surface area contributed by atoms with E-state index in [1.807, 2.05) is 0 Å². The molecule has 2 heteroatoms. The summed E-state index contributed by atoms with van der Waals surface area (Å²) in [5.74, 6) is 0. The maximum atomic E-state index is 2.50. The van der Waals surface area contributed by atoms with Gasteiger partial charge in [-0.1, -0.05) is 201 Å². The van der Waals surface area contributed by atoms with E-state index >= 15 is 0 Å². The monoisotopic (exact) mass is 769 g/mol. The Morgan fingerprint density at radius 3 is 1.46 bits per heavy atom. The first-order valence-electron chi connectivity index (χ1n) is 20.7. The molecule has 0 atom stereocenters. The van der Waals surface area contributed by atoms with Gasteiger partial charge in [-0.05, 0) is 108 Å². The zero-order chi connectivity index (χ0) is 39.6. The summed E-state index contributed by atoms with van der Waals surface area (Å²) in [6.45, 7) is 5.00. The quantitative estimate of drug-likeness (QED) is 0.146. The van der Waals surface area contributed by atoms with Gasteiger partial charge in [0.2, 0.25) is 0 Å². The number of anilines is 3. The SMILES string of the molecule is C[Si]1(C)c2ccccc2-c2c(N(c3ccc(-c4cccc(-c5ccccc5)c4)cc3)c3ccc(C4(c5ccccc5)c5ccccc5-c5ccccc54)cc3)cccc21. The number of hydrogen-bond acceptors (Lipinski definition) is 1. The molecule has 0 bridgehead atoms. The minimum Gasteiger partial charge on any atom is -0.310 e. The molecule has 0 saturated heterocycles. The van der Waals surface area contributed by atoms with E-state index in [1.165, 1.54) is 82.8 Å². The first-order valence-corrected chi connectivity index (χ1v) is 23.7. The first kappa shape index (κ1) is 35.2. The summed E-state index contributed by atoms with van der Waals surface area (Å²) in [7, 11) is -1.92. The lowest BCUT2D eigenvalue weighted by molar-refractivity contribution is 0.768. The molecule has 0 spiro atoms. The van der Waals surface area contributed by atoms with Gasteiger partial charge in [-0.25, -0.2) is 0 Å². The van der Waals surface area contributed by atoms with Crippen molar-refractivity contribution in [1.82, 2.24) is 0 Å². The van der Waals surface area contributed by atoms with Gasteiger partial charge in [0.1, 0.15) is 8.07 Å². The van der Waals surface area contributed by atoms with Crippen molar-refractivity contribution in [3.05, 3.63) is 247 Å². The van der Waals surface area contributed by atoms with Crippen molar-refractivity contribution in [3.8, 4) is 44.5 Å². The van der Waals surface area contributed by atoms with Gasteiger partial charge in [-0.2, -0.15) is 0 Å². The zero-order valence-corrected chi connectivity index (χ0v) is 34.3. The van der Waals surface area contributed by atoms with Crippen molar-refractivity contribution in [3.63, 3.8) is 0 Å². The van der Waals surface area contributed by atoms with Crippen LogP contribution in [0.25, 0.3) is 44.5 Å². The Morgan fingerprint density at radius 1 is 0.356 bits per heavy atom. The smallest absolute Gasteiger partial charge is 0.113 e. The molecule has 9 aromatic carbocycles. The molecular formula is C57H43NSi. The molecule has 0 radical (unpaired) electrons. The Labute approximate surface area is 348 Å². The predicted octanol–water partition coefficient (Wildman–Crippen LogP) is 13.7. The zero-order valence-electron chi connectivity index (χ0n) is 33.3. The summed E-state index contributed by atoms with van der Waals surface area (Å²) >= 11 is 0. The van der Waals surface area contributed by atoms with E-state index < -0.39 is 13.5 Å². The summed E-state index contributed by atoms with van der Waals surface area (Å²) in [6.07, 6.45) is 0. The Kier molecular flexibility index (Phi) is 8.25. The van der Waals surface area contributed by atoms with Crippen LogP contribution in [0, 0.1) is 0 Å². The lowest BCUT2D eigenvalue weighted by atomic mass is 9.68. The molecule has 11 rings (SSSR count). The highest BCUT2D eigenvalue weighted by Gasteiger charge is 2.46. The van der Waals surface area contributed by atoms with Crippen LogP contribution >= 0.6 is 0 Å². The van der Waals surface area contributed by atoms with Crippen molar-refractivity contribution in [2.45, 2.75) is 18.5 Å². The van der Waals surface area contributed by atoms with Gasteiger partial charge in [-0.15, -0.1) is 0 Å². The third-order valence-electron chi connectivity index (χ3n) is 13.0. The summed E-state index contributed by atoms with van der Waals surface area (Å²) in [6, 6.07) is 83.3. The number of nitrogens with zero attached hydrogens (tertiary/aromatic N) is 1.